The number of para-hydroxylation sites is 1. The van der Waals surface area contributed by atoms with Crippen LogP contribution in [0.25, 0.3) is 0 Å². The zero-order valence-electron chi connectivity index (χ0n) is 13.3. The van der Waals surface area contributed by atoms with Crippen LogP contribution in [0, 0.1) is 18.6 Å². The number of hydrogen-bond donors (Lipinski definition) is 2. The number of anilines is 3. The Kier molecular flexibility index (Phi) is 4.65. The van der Waals surface area contributed by atoms with Crippen LogP contribution in [0.3, 0.4) is 0 Å². The molecule has 0 saturated heterocycles. The van der Waals surface area contributed by atoms with Crippen LogP contribution in [-0.2, 0) is 0 Å². The van der Waals surface area contributed by atoms with Crippen molar-refractivity contribution in [2.75, 3.05) is 10.6 Å². The van der Waals surface area contributed by atoms with Crippen LogP contribution in [0.15, 0.2) is 54.6 Å². The van der Waals surface area contributed by atoms with E-state index >= 15 is 0 Å². The van der Waals surface area contributed by atoms with Crippen LogP contribution in [0.5, 0.6) is 0 Å². The Morgan fingerprint density at radius 1 is 0.920 bits per heavy atom. The van der Waals surface area contributed by atoms with Gasteiger partial charge in [-0.25, -0.2) is 8.78 Å². The molecule has 126 valence electrons. The molecule has 1 amide bonds. The molecule has 7 heteroatoms. The summed E-state index contributed by atoms with van der Waals surface area (Å²) in [5.41, 5.74) is 1.38. The van der Waals surface area contributed by atoms with E-state index in [2.05, 4.69) is 20.8 Å². The van der Waals surface area contributed by atoms with Gasteiger partial charge in [-0.3, -0.25) is 4.79 Å². The molecule has 0 aliphatic heterocycles. The SMILES string of the molecule is Cc1ccc(Nc2ccc(C(=O)Nc3c(F)cccc3F)nn2)cc1. The molecule has 0 aliphatic rings. The number of rotatable bonds is 4. The summed E-state index contributed by atoms with van der Waals surface area (Å²) in [6.45, 7) is 1.98. The smallest absolute Gasteiger partial charge is 0.276 e. The summed E-state index contributed by atoms with van der Waals surface area (Å²) in [7, 11) is 0. The van der Waals surface area contributed by atoms with Gasteiger partial charge in [0.05, 0.1) is 0 Å². The van der Waals surface area contributed by atoms with Crippen molar-refractivity contribution >= 4 is 23.1 Å². The molecule has 0 spiro atoms. The van der Waals surface area contributed by atoms with Crippen LogP contribution in [0.2, 0.25) is 0 Å². The number of hydrogen-bond acceptors (Lipinski definition) is 4. The highest BCUT2D eigenvalue weighted by molar-refractivity contribution is 6.02. The minimum absolute atomic E-state index is 0.0582. The van der Waals surface area contributed by atoms with E-state index < -0.39 is 23.2 Å². The molecule has 5 nitrogen and oxygen atoms in total. The molecule has 0 radical (unpaired) electrons. The van der Waals surface area contributed by atoms with Crippen molar-refractivity contribution < 1.29 is 13.6 Å². The van der Waals surface area contributed by atoms with E-state index in [0.717, 1.165) is 23.4 Å². The Hall–Kier alpha value is -3.35. The second-order valence-electron chi connectivity index (χ2n) is 5.35. The second kappa shape index (κ2) is 7.04. The van der Waals surface area contributed by atoms with Crippen LogP contribution < -0.4 is 10.6 Å². The van der Waals surface area contributed by atoms with Gasteiger partial charge in [0, 0.05) is 5.69 Å². The first-order chi connectivity index (χ1) is 12.0. The standard InChI is InChI=1S/C18H14F2N4O/c1-11-5-7-12(8-6-11)21-16-10-9-15(23-24-16)18(25)22-17-13(19)3-2-4-14(17)20/h2-10H,1H3,(H,21,24)(H,22,25). The molecule has 0 saturated carbocycles. The lowest BCUT2D eigenvalue weighted by Crippen LogP contribution is -2.16. The van der Waals surface area contributed by atoms with E-state index in [1.54, 1.807) is 6.07 Å². The fourth-order valence-corrected chi connectivity index (χ4v) is 2.10. The Balaban J connectivity index is 1.71. The second-order valence-corrected chi connectivity index (χ2v) is 5.35. The van der Waals surface area contributed by atoms with E-state index in [1.807, 2.05) is 31.2 Å². The van der Waals surface area contributed by atoms with Gasteiger partial charge in [-0.05, 0) is 43.3 Å². The molecule has 0 fully saturated rings. The average molecular weight is 340 g/mol. The molecular weight excluding hydrogens is 326 g/mol. The van der Waals surface area contributed by atoms with Crippen LogP contribution >= 0.6 is 0 Å². The maximum Gasteiger partial charge on any atom is 0.276 e. The highest BCUT2D eigenvalue weighted by Crippen LogP contribution is 2.19. The minimum atomic E-state index is -0.862. The fraction of sp³-hybridized carbons (Fsp3) is 0.0556. The maximum atomic E-state index is 13.6. The Morgan fingerprint density at radius 2 is 1.60 bits per heavy atom. The van der Waals surface area contributed by atoms with Crippen molar-refractivity contribution in [3.05, 3.63) is 77.5 Å². The third-order valence-corrected chi connectivity index (χ3v) is 3.42. The van der Waals surface area contributed by atoms with Gasteiger partial charge in [-0.1, -0.05) is 23.8 Å². The van der Waals surface area contributed by atoms with Crippen molar-refractivity contribution in [1.29, 1.82) is 0 Å². The Labute approximate surface area is 142 Å². The van der Waals surface area contributed by atoms with Gasteiger partial charge in [-0.2, -0.15) is 0 Å². The molecule has 3 rings (SSSR count). The number of aromatic nitrogens is 2. The van der Waals surface area contributed by atoms with Crippen molar-refractivity contribution in [2.24, 2.45) is 0 Å². The Morgan fingerprint density at radius 3 is 2.20 bits per heavy atom. The summed E-state index contributed by atoms with van der Waals surface area (Å²) in [4.78, 5) is 12.1. The predicted molar refractivity (Wildman–Crippen MR) is 90.8 cm³/mol. The quantitative estimate of drug-likeness (QED) is 0.752. The van der Waals surface area contributed by atoms with Crippen LogP contribution in [-0.4, -0.2) is 16.1 Å². The molecule has 0 unspecified atom stereocenters. The molecule has 25 heavy (non-hydrogen) atoms. The molecule has 1 aromatic heterocycles. The van der Waals surface area contributed by atoms with E-state index in [0.29, 0.717) is 5.82 Å². The molecule has 1 heterocycles. The first-order valence-electron chi connectivity index (χ1n) is 7.46. The van der Waals surface area contributed by atoms with Gasteiger partial charge in [0.15, 0.2) is 11.5 Å². The Bertz CT molecular complexity index is 876. The minimum Gasteiger partial charge on any atom is -0.339 e. The van der Waals surface area contributed by atoms with Gasteiger partial charge in [-0.15, -0.1) is 10.2 Å². The number of aryl methyl sites for hydroxylation is 1. The van der Waals surface area contributed by atoms with Crippen molar-refractivity contribution in [3.63, 3.8) is 0 Å². The number of amides is 1. The lowest BCUT2D eigenvalue weighted by atomic mass is 10.2. The summed E-state index contributed by atoms with van der Waals surface area (Å²) < 4.78 is 27.1. The van der Waals surface area contributed by atoms with Gasteiger partial charge in [0.2, 0.25) is 0 Å². The fourth-order valence-electron chi connectivity index (χ4n) is 2.10. The summed E-state index contributed by atoms with van der Waals surface area (Å²) >= 11 is 0. The third-order valence-electron chi connectivity index (χ3n) is 3.42. The zero-order chi connectivity index (χ0) is 17.8. The molecule has 3 aromatic rings. The molecule has 0 atom stereocenters. The largest absolute Gasteiger partial charge is 0.339 e. The van der Waals surface area contributed by atoms with E-state index in [9.17, 15) is 13.6 Å². The number of carbonyl (C=O) groups excluding carboxylic acids is 1. The van der Waals surface area contributed by atoms with Crippen molar-refractivity contribution in [2.45, 2.75) is 6.92 Å². The van der Waals surface area contributed by atoms with Crippen LogP contribution in [0.1, 0.15) is 16.1 Å². The number of halogens is 2. The third kappa shape index (κ3) is 3.95. The van der Waals surface area contributed by atoms with Gasteiger partial charge < -0.3 is 10.6 Å². The first-order valence-corrected chi connectivity index (χ1v) is 7.46. The highest BCUT2D eigenvalue weighted by atomic mass is 19.1. The summed E-state index contributed by atoms with van der Waals surface area (Å²) in [6.07, 6.45) is 0. The lowest BCUT2D eigenvalue weighted by Gasteiger charge is -2.08. The number of nitrogens with zero attached hydrogens (tertiary/aromatic N) is 2. The average Bonchev–Trinajstić information content (AvgIpc) is 2.61. The molecule has 2 aromatic carbocycles. The summed E-state index contributed by atoms with van der Waals surface area (Å²) in [5, 5.41) is 12.9. The molecule has 0 bridgehead atoms. The predicted octanol–water partition coefficient (Wildman–Crippen LogP) is 4.06. The van der Waals surface area contributed by atoms with E-state index in [1.165, 1.54) is 12.1 Å². The zero-order valence-corrected chi connectivity index (χ0v) is 13.3. The number of carbonyl (C=O) groups is 1. The maximum absolute atomic E-state index is 13.6. The molecule has 2 N–H and O–H groups in total. The summed E-state index contributed by atoms with van der Waals surface area (Å²) in [5.74, 6) is -2.03. The number of nitrogens with one attached hydrogen (secondary N) is 2. The highest BCUT2D eigenvalue weighted by Gasteiger charge is 2.14. The monoisotopic (exact) mass is 340 g/mol. The molecular formula is C18H14F2N4O. The first kappa shape index (κ1) is 16.5. The van der Waals surface area contributed by atoms with Crippen molar-refractivity contribution in [3.8, 4) is 0 Å². The van der Waals surface area contributed by atoms with Crippen molar-refractivity contribution in [1.82, 2.24) is 10.2 Å². The van der Waals surface area contributed by atoms with Gasteiger partial charge >= 0.3 is 0 Å². The summed E-state index contributed by atoms with van der Waals surface area (Å²) in [6, 6.07) is 14.0. The topological polar surface area (TPSA) is 66.9 Å². The van der Waals surface area contributed by atoms with Gasteiger partial charge in [0.25, 0.3) is 5.91 Å². The number of benzene rings is 2. The van der Waals surface area contributed by atoms with E-state index in [4.69, 9.17) is 0 Å². The van der Waals surface area contributed by atoms with Crippen LogP contribution in [0.4, 0.5) is 26.0 Å². The normalized spacial score (nSPS) is 10.4. The van der Waals surface area contributed by atoms with Gasteiger partial charge in [0.1, 0.15) is 17.3 Å². The van der Waals surface area contributed by atoms with E-state index in [-0.39, 0.29) is 5.69 Å². The lowest BCUT2D eigenvalue weighted by molar-refractivity contribution is 0.102. The molecule has 0 aliphatic carbocycles.